The van der Waals surface area contributed by atoms with Crippen LogP contribution >= 0.6 is 11.6 Å². The SMILES string of the molecule is CS(=O)(=O)c1ccc(Cl)c(C(=O)N2CCOC(C(=O)O)C2)c1. The van der Waals surface area contributed by atoms with Gasteiger partial charge < -0.3 is 14.7 Å². The first-order chi connectivity index (χ1) is 10.2. The number of hydrogen-bond donors (Lipinski definition) is 1. The van der Waals surface area contributed by atoms with Gasteiger partial charge in [-0.2, -0.15) is 0 Å². The molecule has 120 valence electrons. The number of sulfone groups is 1. The van der Waals surface area contributed by atoms with Gasteiger partial charge in [-0.1, -0.05) is 11.6 Å². The van der Waals surface area contributed by atoms with E-state index in [0.29, 0.717) is 0 Å². The summed E-state index contributed by atoms with van der Waals surface area (Å²) in [6.07, 6.45) is -0.0748. The molecule has 0 saturated carbocycles. The van der Waals surface area contributed by atoms with Gasteiger partial charge in [-0.05, 0) is 18.2 Å². The number of carboxylic acids is 1. The number of hydrogen-bond acceptors (Lipinski definition) is 5. The first kappa shape index (κ1) is 16.7. The lowest BCUT2D eigenvalue weighted by atomic mass is 10.1. The van der Waals surface area contributed by atoms with Gasteiger partial charge in [-0.15, -0.1) is 0 Å². The Labute approximate surface area is 132 Å². The lowest BCUT2D eigenvalue weighted by Crippen LogP contribution is -2.48. The van der Waals surface area contributed by atoms with E-state index in [1.165, 1.54) is 23.1 Å². The number of nitrogens with zero attached hydrogens (tertiary/aromatic N) is 1. The third kappa shape index (κ3) is 3.57. The van der Waals surface area contributed by atoms with E-state index in [4.69, 9.17) is 21.4 Å². The van der Waals surface area contributed by atoms with Crippen LogP contribution in [-0.4, -0.2) is 62.4 Å². The number of aliphatic carboxylic acids is 1. The molecule has 0 aromatic heterocycles. The Morgan fingerprint density at radius 2 is 2.09 bits per heavy atom. The van der Waals surface area contributed by atoms with Crippen molar-refractivity contribution in [1.82, 2.24) is 4.90 Å². The van der Waals surface area contributed by atoms with Gasteiger partial charge >= 0.3 is 5.97 Å². The maximum Gasteiger partial charge on any atom is 0.334 e. The van der Waals surface area contributed by atoms with Crippen LogP contribution in [0.15, 0.2) is 23.1 Å². The first-order valence-corrected chi connectivity index (χ1v) is 8.60. The maximum atomic E-state index is 12.5. The molecule has 1 aromatic carbocycles. The van der Waals surface area contributed by atoms with Crippen molar-refractivity contribution in [1.29, 1.82) is 0 Å². The Balaban J connectivity index is 2.31. The van der Waals surface area contributed by atoms with E-state index in [-0.39, 0.29) is 35.2 Å². The molecule has 7 nitrogen and oxygen atoms in total. The number of rotatable bonds is 3. The van der Waals surface area contributed by atoms with Gasteiger partial charge in [0, 0.05) is 12.8 Å². The van der Waals surface area contributed by atoms with Crippen LogP contribution in [0.1, 0.15) is 10.4 Å². The number of carbonyl (C=O) groups is 2. The first-order valence-electron chi connectivity index (χ1n) is 6.33. The molecule has 1 aliphatic rings. The number of amides is 1. The number of halogens is 1. The van der Waals surface area contributed by atoms with Gasteiger partial charge in [-0.25, -0.2) is 13.2 Å². The van der Waals surface area contributed by atoms with E-state index >= 15 is 0 Å². The highest BCUT2D eigenvalue weighted by atomic mass is 35.5. The van der Waals surface area contributed by atoms with Gasteiger partial charge in [0.25, 0.3) is 5.91 Å². The average Bonchev–Trinajstić information content (AvgIpc) is 2.46. The molecular formula is C13H14ClNO6S. The fourth-order valence-electron chi connectivity index (χ4n) is 2.05. The van der Waals surface area contributed by atoms with Gasteiger partial charge in [0.15, 0.2) is 15.9 Å². The van der Waals surface area contributed by atoms with Gasteiger partial charge in [0.05, 0.1) is 28.6 Å². The van der Waals surface area contributed by atoms with E-state index in [0.717, 1.165) is 6.26 Å². The third-order valence-corrected chi connectivity index (χ3v) is 4.67. The Hall–Kier alpha value is -1.64. The smallest absolute Gasteiger partial charge is 0.334 e. The number of benzene rings is 1. The second kappa shape index (κ2) is 6.23. The van der Waals surface area contributed by atoms with E-state index in [1.807, 2.05) is 0 Å². The minimum Gasteiger partial charge on any atom is -0.479 e. The van der Waals surface area contributed by atoms with Crippen molar-refractivity contribution >= 4 is 33.3 Å². The predicted molar refractivity (Wildman–Crippen MR) is 77.8 cm³/mol. The van der Waals surface area contributed by atoms with Crippen LogP contribution in [0.2, 0.25) is 5.02 Å². The molecular weight excluding hydrogens is 334 g/mol. The zero-order valence-corrected chi connectivity index (χ0v) is 13.2. The monoisotopic (exact) mass is 347 g/mol. The molecule has 1 atom stereocenters. The third-order valence-electron chi connectivity index (χ3n) is 3.23. The molecule has 22 heavy (non-hydrogen) atoms. The zero-order chi connectivity index (χ0) is 16.5. The predicted octanol–water partition coefficient (Wildman–Crippen LogP) is 0.669. The summed E-state index contributed by atoms with van der Waals surface area (Å²) in [5.74, 6) is -1.68. The van der Waals surface area contributed by atoms with Crippen LogP contribution in [0, 0.1) is 0 Å². The van der Waals surface area contributed by atoms with Crippen LogP contribution in [0.5, 0.6) is 0 Å². The number of ether oxygens (including phenoxy) is 1. The van der Waals surface area contributed by atoms with E-state index in [9.17, 15) is 18.0 Å². The summed E-state index contributed by atoms with van der Waals surface area (Å²) in [7, 11) is -3.48. The molecule has 1 N–H and O–H groups in total. The molecule has 9 heteroatoms. The molecule has 0 aliphatic carbocycles. The highest BCUT2D eigenvalue weighted by molar-refractivity contribution is 7.90. The van der Waals surface area contributed by atoms with Crippen molar-refractivity contribution in [2.45, 2.75) is 11.0 Å². The standard InChI is InChI=1S/C13H14ClNO6S/c1-22(19,20)8-2-3-10(14)9(6-8)12(16)15-4-5-21-11(7-15)13(17)18/h2-3,6,11H,4-5,7H2,1H3,(H,17,18). The van der Waals surface area contributed by atoms with Gasteiger partial charge in [0.2, 0.25) is 0 Å². The Kier molecular flexibility index (Phi) is 4.74. The number of carboxylic acid groups (broad SMARTS) is 1. The quantitative estimate of drug-likeness (QED) is 0.862. The molecule has 1 unspecified atom stereocenters. The highest BCUT2D eigenvalue weighted by Crippen LogP contribution is 2.23. The molecule has 1 saturated heterocycles. The Morgan fingerprint density at radius 1 is 1.41 bits per heavy atom. The molecule has 1 fully saturated rings. The normalized spacial score (nSPS) is 19.0. The molecule has 0 radical (unpaired) electrons. The summed E-state index contributed by atoms with van der Waals surface area (Å²) in [6, 6.07) is 3.85. The summed E-state index contributed by atoms with van der Waals surface area (Å²) < 4.78 is 28.2. The molecule has 1 amide bonds. The van der Waals surface area contributed by atoms with Crippen molar-refractivity contribution in [3.05, 3.63) is 28.8 Å². The number of morpholine rings is 1. The minimum atomic E-state index is -3.48. The van der Waals surface area contributed by atoms with Crippen LogP contribution in [-0.2, 0) is 19.4 Å². The van der Waals surface area contributed by atoms with Crippen LogP contribution in [0.3, 0.4) is 0 Å². The summed E-state index contributed by atoms with van der Waals surface area (Å²) in [6.45, 7) is 0.182. The summed E-state index contributed by atoms with van der Waals surface area (Å²) in [4.78, 5) is 24.7. The molecule has 2 rings (SSSR count). The molecule has 1 aromatic rings. The zero-order valence-electron chi connectivity index (χ0n) is 11.7. The molecule has 0 spiro atoms. The van der Waals surface area contributed by atoms with Crippen molar-refractivity contribution in [2.24, 2.45) is 0 Å². The maximum absolute atomic E-state index is 12.5. The Bertz CT molecular complexity index is 717. The van der Waals surface area contributed by atoms with Crippen molar-refractivity contribution < 1.29 is 27.9 Å². The molecule has 0 bridgehead atoms. The van der Waals surface area contributed by atoms with Crippen LogP contribution in [0.4, 0.5) is 0 Å². The fourth-order valence-corrected chi connectivity index (χ4v) is 2.90. The minimum absolute atomic E-state index is 0.0237. The van der Waals surface area contributed by atoms with Crippen molar-refractivity contribution in [2.75, 3.05) is 26.0 Å². The number of carbonyl (C=O) groups excluding carboxylic acids is 1. The van der Waals surface area contributed by atoms with E-state index in [1.54, 1.807) is 0 Å². The second-order valence-corrected chi connectivity index (χ2v) is 7.29. The largest absolute Gasteiger partial charge is 0.479 e. The van der Waals surface area contributed by atoms with Gasteiger partial charge in [-0.3, -0.25) is 4.79 Å². The average molecular weight is 348 g/mol. The Morgan fingerprint density at radius 3 is 2.68 bits per heavy atom. The van der Waals surface area contributed by atoms with Crippen LogP contribution < -0.4 is 0 Å². The molecule has 1 heterocycles. The lowest BCUT2D eigenvalue weighted by Gasteiger charge is -2.31. The second-order valence-electron chi connectivity index (χ2n) is 4.86. The van der Waals surface area contributed by atoms with E-state index in [2.05, 4.69) is 0 Å². The van der Waals surface area contributed by atoms with E-state index < -0.39 is 27.8 Å². The van der Waals surface area contributed by atoms with Gasteiger partial charge in [0.1, 0.15) is 0 Å². The summed E-state index contributed by atoms with van der Waals surface area (Å²) in [5.41, 5.74) is 0.0237. The van der Waals surface area contributed by atoms with Crippen molar-refractivity contribution in [3.8, 4) is 0 Å². The summed E-state index contributed by atoms with van der Waals surface area (Å²) in [5, 5.41) is 9.05. The van der Waals surface area contributed by atoms with Crippen LogP contribution in [0.25, 0.3) is 0 Å². The highest BCUT2D eigenvalue weighted by Gasteiger charge is 2.30. The fraction of sp³-hybridized carbons (Fsp3) is 0.385. The lowest BCUT2D eigenvalue weighted by molar-refractivity contribution is -0.154. The molecule has 1 aliphatic heterocycles. The topological polar surface area (TPSA) is 101 Å². The summed E-state index contributed by atoms with van der Waals surface area (Å²) >= 11 is 5.97. The van der Waals surface area contributed by atoms with Crippen molar-refractivity contribution in [3.63, 3.8) is 0 Å².